The van der Waals surface area contributed by atoms with E-state index in [1.165, 1.54) is 0 Å². The number of aromatic nitrogens is 2. The SMILES string of the molecule is Clc1ccccc1P(c1ncccn1)c1ccccc1Cl. The fraction of sp³-hybridized carbons (Fsp3) is 0. The molecule has 0 amide bonds. The van der Waals surface area contributed by atoms with Crippen LogP contribution in [0.1, 0.15) is 0 Å². The minimum atomic E-state index is -0.974. The van der Waals surface area contributed by atoms with Crippen LogP contribution in [0.2, 0.25) is 10.0 Å². The van der Waals surface area contributed by atoms with Gasteiger partial charge in [-0.15, -0.1) is 0 Å². The van der Waals surface area contributed by atoms with E-state index in [4.69, 9.17) is 23.2 Å². The van der Waals surface area contributed by atoms with Crippen LogP contribution in [0.25, 0.3) is 0 Å². The van der Waals surface area contributed by atoms with E-state index in [2.05, 4.69) is 9.97 Å². The Hall–Kier alpha value is -1.47. The van der Waals surface area contributed by atoms with Gasteiger partial charge in [-0.1, -0.05) is 59.6 Å². The summed E-state index contributed by atoms with van der Waals surface area (Å²) in [5.41, 5.74) is 0.744. The molecule has 0 saturated carbocycles. The van der Waals surface area contributed by atoms with E-state index < -0.39 is 7.92 Å². The maximum absolute atomic E-state index is 6.39. The second kappa shape index (κ2) is 6.53. The first-order valence-electron chi connectivity index (χ1n) is 6.33. The van der Waals surface area contributed by atoms with Crippen LogP contribution in [0.3, 0.4) is 0 Å². The van der Waals surface area contributed by atoms with E-state index >= 15 is 0 Å². The van der Waals surface area contributed by atoms with Gasteiger partial charge in [0.2, 0.25) is 0 Å². The van der Waals surface area contributed by atoms with Crippen molar-refractivity contribution in [3.05, 3.63) is 77.0 Å². The van der Waals surface area contributed by atoms with E-state index in [-0.39, 0.29) is 0 Å². The summed E-state index contributed by atoms with van der Waals surface area (Å²) in [6.45, 7) is 0. The van der Waals surface area contributed by atoms with E-state index in [1.54, 1.807) is 18.5 Å². The summed E-state index contributed by atoms with van der Waals surface area (Å²) in [5.74, 6) is 0. The van der Waals surface area contributed by atoms with Crippen molar-refractivity contribution in [1.29, 1.82) is 0 Å². The van der Waals surface area contributed by atoms with Crippen molar-refractivity contribution in [2.75, 3.05) is 0 Å². The first-order chi connectivity index (χ1) is 10.3. The van der Waals surface area contributed by atoms with Gasteiger partial charge in [0, 0.05) is 41.0 Å². The highest BCUT2D eigenvalue weighted by Crippen LogP contribution is 2.36. The standard InChI is InChI=1S/C16H11Cl2N2P/c17-12-6-1-3-8-14(12)21(16-19-10-5-11-20-16)15-9-4-2-7-13(15)18/h1-11H. The first-order valence-corrected chi connectivity index (χ1v) is 8.43. The molecule has 0 N–H and O–H groups in total. The number of benzene rings is 2. The van der Waals surface area contributed by atoms with E-state index in [0.717, 1.165) is 16.2 Å². The van der Waals surface area contributed by atoms with Gasteiger partial charge in [-0.25, -0.2) is 9.97 Å². The van der Waals surface area contributed by atoms with Crippen molar-refractivity contribution in [3.63, 3.8) is 0 Å². The topological polar surface area (TPSA) is 25.8 Å². The lowest BCUT2D eigenvalue weighted by Gasteiger charge is -2.19. The number of rotatable bonds is 3. The lowest BCUT2D eigenvalue weighted by molar-refractivity contribution is 1.24. The summed E-state index contributed by atoms with van der Waals surface area (Å²) in [6.07, 6.45) is 3.48. The number of halogens is 2. The van der Waals surface area contributed by atoms with Gasteiger partial charge in [0.25, 0.3) is 0 Å². The predicted molar refractivity (Wildman–Crippen MR) is 90.8 cm³/mol. The normalized spacial score (nSPS) is 10.8. The Balaban J connectivity index is 2.22. The molecule has 1 aromatic heterocycles. The average molecular weight is 333 g/mol. The fourth-order valence-electron chi connectivity index (χ4n) is 2.02. The van der Waals surface area contributed by atoms with Crippen LogP contribution < -0.4 is 16.2 Å². The van der Waals surface area contributed by atoms with Gasteiger partial charge in [-0.05, 0) is 18.2 Å². The molecule has 0 fully saturated rings. The van der Waals surface area contributed by atoms with Crippen LogP contribution in [0.4, 0.5) is 0 Å². The summed E-state index contributed by atoms with van der Waals surface area (Å²) in [5, 5.41) is 3.42. The summed E-state index contributed by atoms with van der Waals surface area (Å²) < 4.78 is 0. The molecule has 3 aromatic rings. The van der Waals surface area contributed by atoms with Gasteiger partial charge in [-0.2, -0.15) is 0 Å². The Kier molecular flexibility index (Phi) is 4.50. The lowest BCUT2D eigenvalue weighted by Crippen LogP contribution is -2.26. The zero-order valence-electron chi connectivity index (χ0n) is 10.9. The largest absolute Gasteiger partial charge is 0.236 e. The third-order valence-corrected chi connectivity index (χ3v) is 6.24. The van der Waals surface area contributed by atoms with Crippen molar-refractivity contribution in [3.8, 4) is 0 Å². The molecule has 0 bridgehead atoms. The second-order valence-electron chi connectivity index (χ2n) is 4.29. The number of hydrogen-bond acceptors (Lipinski definition) is 2. The van der Waals surface area contributed by atoms with Crippen LogP contribution in [0.15, 0.2) is 67.0 Å². The molecule has 0 atom stereocenters. The van der Waals surface area contributed by atoms with Crippen LogP contribution in [0, 0.1) is 0 Å². The maximum Gasteiger partial charge on any atom is 0.159 e. The molecular weight excluding hydrogens is 322 g/mol. The molecule has 0 spiro atoms. The molecule has 2 nitrogen and oxygen atoms in total. The first kappa shape index (κ1) is 14.5. The van der Waals surface area contributed by atoms with Crippen LogP contribution in [0.5, 0.6) is 0 Å². The quantitative estimate of drug-likeness (QED) is 0.685. The van der Waals surface area contributed by atoms with Gasteiger partial charge in [0.1, 0.15) is 0 Å². The van der Waals surface area contributed by atoms with Crippen molar-refractivity contribution in [2.24, 2.45) is 0 Å². The highest BCUT2D eigenvalue weighted by atomic mass is 35.5. The molecule has 3 rings (SSSR count). The van der Waals surface area contributed by atoms with Crippen LogP contribution in [-0.4, -0.2) is 9.97 Å². The van der Waals surface area contributed by atoms with Gasteiger partial charge in [-0.3, -0.25) is 0 Å². The van der Waals surface area contributed by atoms with Crippen molar-refractivity contribution < 1.29 is 0 Å². The Morgan fingerprint density at radius 2 is 1.14 bits per heavy atom. The predicted octanol–water partition coefficient (Wildman–Crippen LogP) is 3.54. The Labute approximate surface area is 134 Å². The highest BCUT2D eigenvalue weighted by Gasteiger charge is 2.23. The molecule has 0 aliphatic rings. The second-order valence-corrected chi connectivity index (χ2v) is 7.14. The molecule has 0 aliphatic heterocycles. The van der Waals surface area contributed by atoms with Crippen molar-refractivity contribution >= 4 is 47.3 Å². The summed E-state index contributed by atoms with van der Waals surface area (Å²) >= 11 is 12.8. The fourth-order valence-corrected chi connectivity index (χ4v) is 4.90. The minimum absolute atomic E-state index is 0.705. The van der Waals surface area contributed by atoms with Crippen molar-refractivity contribution in [2.45, 2.75) is 0 Å². The number of hydrogen-bond donors (Lipinski definition) is 0. The Bertz CT molecular complexity index is 705. The molecule has 0 radical (unpaired) electrons. The molecule has 0 unspecified atom stereocenters. The molecular formula is C16H11Cl2N2P. The molecule has 104 valence electrons. The van der Waals surface area contributed by atoms with Crippen LogP contribution in [-0.2, 0) is 0 Å². The monoisotopic (exact) mass is 332 g/mol. The van der Waals surface area contributed by atoms with Crippen LogP contribution >= 0.6 is 31.1 Å². The van der Waals surface area contributed by atoms with Gasteiger partial charge in [0.15, 0.2) is 5.57 Å². The minimum Gasteiger partial charge on any atom is -0.236 e. The molecule has 1 heterocycles. The molecule has 5 heteroatoms. The number of nitrogens with zero attached hydrogens (tertiary/aromatic N) is 2. The molecule has 21 heavy (non-hydrogen) atoms. The Morgan fingerprint density at radius 3 is 1.62 bits per heavy atom. The van der Waals surface area contributed by atoms with Gasteiger partial charge >= 0.3 is 0 Å². The smallest absolute Gasteiger partial charge is 0.159 e. The highest BCUT2D eigenvalue weighted by molar-refractivity contribution is 7.79. The van der Waals surface area contributed by atoms with E-state index in [0.29, 0.717) is 10.0 Å². The van der Waals surface area contributed by atoms with Crippen molar-refractivity contribution in [1.82, 2.24) is 9.97 Å². The summed E-state index contributed by atoms with van der Waals surface area (Å²) in [4.78, 5) is 8.83. The van der Waals surface area contributed by atoms with E-state index in [9.17, 15) is 0 Å². The summed E-state index contributed by atoms with van der Waals surface area (Å²) in [7, 11) is -0.974. The Morgan fingerprint density at radius 1 is 0.667 bits per heavy atom. The molecule has 0 saturated heterocycles. The summed E-state index contributed by atoms with van der Waals surface area (Å²) in [6, 6.07) is 17.3. The third kappa shape index (κ3) is 3.08. The third-order valence-electron chi connectivity index (χ3n) is 2.94. The molecule has 2 aromatic carbocycles. The maximum atomic E-state index is 6.39. The van der Waals surface area contributed by atoms with E-state index in [1.807, 2.05) is 48.5 Å². The average Bonchev–Trinajstić information content (AvgIpc) is 2.52. The zero-order valence-corrected chi connectivity index (χ0v) is 13.4. The lowest BCUT2D eigenvalue weighted by atomic mass is 10.4. The molecule has 0 aliphatic carbocycles. The van der Waals surface area contributed by atoms with Gasteiger partial charge in [0.05, 0.1) is 0 Å². The van der Waals surface area contributed by atoms with Gasteiger partial charge < -0.3 is 0 Å². The zero-order chi connectivity index (χ0) is 14.7.